The zero-order valence-electron chi connectivity index (χ0n) is 12.0. The van der Waals surface area contributed by atoms with Crippen LogP contribution in [0.15, 0.2) is 18.3 Å². The van der Waals surface area contributed by atoms with Gasteiger partial charge in [-0.3, -0.25) is 4.79 Å². The topological polar surface area (TPSA) is 71.2 Å². The van der Waals surface area contributed by atoms with Gasteiger partial charge < -0.3 is 16.0 Å². The Morgan fingerprint density at radius 2 is 2.29 bits per heavy atom. The van der Waals surface area contributed by atoms with Gasteiger partial charge in [0.15, 0.2) is 0 Å². The van der Waals surface area contributed by atoms with E-state index in [1.165, 1.54) is 12.8 Å². The van der Waals surface area contributed by atoms with E-state index in [1.807, 2.05) is 0 Å². The number of fused-ring (bicyclic) bond motifs is 3. The number of amides is 1. The van der Waals surface area contributed by atoms with Gasteiger partial charge in [-0.05, 0) is 44.0 Å². The molecule has 21 heavy (non-hydrogen) atoms. The third-order valence-electron chi connectivity index (χ3n) is 4.32. The Morgan fingerprint density at radius 3 is 2.95 bits per heavy atom. The molecular formula is C16H20N4O. The van der Waals surface area contributed by atoms with Crippen molar-refractivity contribution in [2.24, 2.45) is 11.7 Å². The third-order valence-corrected chi connectivity index (χ3v) is 4.32. The van der Waals surface area contributed by atoms with E-state index >= 15 is 0 Å². The summed E-state index contributed by atoms with van der Waals surface area (Å²) in [4.78, 5) is 19.1. The number of hydrogen-bond acceptors (Lipinski definition) is 4. The lowest BCUT2D eigenvalue weighted by Crippen LogP contribution is -2.57. The quantitative estimate of drug-likeness (QED) is 0.762. The van der Waals surface area contributed by atoms with Crippen molar-refractivity contribution in [2.75, 3.05) is 26.2 Å². The van der Waals surface area contributed by atoms with Gasteiger partial charge >= 0.3 is 0 Å². The van der Waals surface area contributed by atoms with Gasteiger partial charge in [0, 0.05) is 18.8 Å². The second kappa shape index (κ2) is 6.25. The first-order valence-electron chi connectivity index (χ1n) is 7.45. The monoisotopic (exact) mass is 284 g/mol. The minimum atomic E-state index is -0.129. The summed E-state index contributed by atoms with van der Waals surface area (Å²) in [6.07, 6.45) is 3.97. The van der Waals surface area contributed by atoms with E-state index in [2.05, 4.69) is 27.0 Å². The maximum atomic E-state index is 12.5. The molecule has 5 nitrogen and oxygen atoms in total. The van der Waals surface area contributed by atoms with Crippen molar-refractivity contribution < 1.29 is 4.79 Å². The van der Waals surface area contributed by atoms with Gasteiger partial charge in [0.25, 0.3) is 5.91 Å². The number of nitrogens with one attached hydrogen (secondary N) is 1. The van der Waals surface area contributed by atoms with Gasteiger partial charge in [0.2, 0.25) is 0 Å². The molecule has 4 heterocycles. The van der Waals surface area contributed by atoms with E-state index in [0.29, 0.717) is 17.2 Å². The molecule has 3 N–H and O–H groups in total. The van der Waals surface area contributed by atoms with Crippen LogP contribution in [0.4, 0.5) is 0 Å². The first kappa shape index (κ1) is 14.1. The molecule has 110 valence electrons. The Kier molecular flexibility index (Phi) is 4.18. The summed E-state index contributed by atoms with van der Waals surface area (Å²) in [5.74, 6) is 6.17. The molecule has 1 aromatic rings. The van der Waals surface area contributed by atoms with Crippen LogP contribution >= 0.6 is 0 Å². The lowest BCUT2D eigenvalue weighted by molar-refractivity contribution is 0.0617. The number of carbonyl (C=O) groups excluding carboxylic acids is 1. The number of nitrogens with zero attached hydrogens (tertiary/aromatic N) is 2. The van der Waals surface area contributed by atoms with Crippen LogP contribution in [0, 0.1) is 17.8 Å². The molecule has 2 bridgehead atoms. The molecule has 3 aliphatic heterocycles. The van der Waals surface area contributed by atoms with Crippen LogP contribution in [-0.2, 0) is 0 Å². The normalized spacial score (nSPS) is 26.8. The number of pyridine rings is 1. The van der Waals surface area contributed by atoms with Crippen LogP contribution in [0.25, 0.3) is 0 Å². The van der Waals surface area contributed by atoms with Crippen molar-refractivity contribution in [3.05, 3.63) is 29.6 Å². The molecule has 1 atom stereocenters. The molecule has 5 heteroatoms. The molecule has 0 aromatic carbocycles. The molecule has 0 aliphatic carbocycles. The Hall–Kier alpha value is -1.90. The van der Waals surface area contributed by atoms with E-state index in [9.17, 15) is 4.79 Å². The molecular weight excluding hydrogens is 264 g/mol. The molecule has 4 rings (SSSR count). The van der Waals surface area contributed by atoms with Crippen molar-refractivity contribution in [3.63, 3.8) is 0 Å². The highest BCUT2D eigenvalue weighted by Crippen LogP contribution is 2.27. The van der Waals surface area contributed by atoms with E-state index in [0.717, 1.165) is 19.6 Å². The highest BCUT2D eigenvalue weighted by Gasteiger charge is 2.35. The van der Waals surface area contributed by atoms with Crippen molar-refractivity contribution >= 4 is 5.91 Å². The van der Waals surface area contributed by atoms with Gasteiger partial charge in [-0.25, -0.2) is 4.98 Å². The maximum absolute atomic E-state index is 12.5. The highest BCUT2D eigenvalue weighted by atomic mass is 16.2. The standard InChI is InChI=1S/C16H20N4O/c17-7-1-3-13-4-2-8-18-15(13)16(21)19-14-11-20-9-5-12(14)6-10-20/h2,4,8,12,14H,5-7,9-11,17H2,(H,19,21). The average molecular weight is 284 g/mol. The lowest BCUT2D eigenvalue weighted by Gasteiger charge is -2.44. The molecule has 0 radical (unpaired) electrons. The van der Waals surface area contributed by atoms with E-state index < -0.39 is 0 Å². The van der Waals surface area contributed by atoms with Crippen molar-refractivity contribution in [1.29, 1.82) is 0 Å². The summed E-state index contributed by atoms with van der Waals surface area (Å²) in [7, 11) is 0. The fourth-order valence-corrected chi connectivity index (χ4v) is 3.20. The molecule has 1 amide bonds. The second-order valence-corrected chi connectivity index (χ2v) is 5.62. The van der Waals surface area contributed by atoms with Gasteiger partial charge in [-0.2, -0.15) is 0 Å². The largest absolute Gasteiger partial charge is 0.346 e. The van der Waals surface area contributed by atoms with Gasteiger partial charge in [0.1, 0.15) is 5.69 Å². The highest BCUT2D eigenvalue weighted by molar-refractivity contribution is 5.95. The summed E-state index contributed by atoms with van der Waals surface area (Å²) < 4.78 is 0. The van der Waals surface area contributed by atoms with Crippen molar-refractivity contribution in [1.82, 2.24) is 15.2 Å². The third kappa shape index (κ3) is 3.07. The Bertz CT molecular complexity index is 581. The average Bonchev–Trinajstić information content (AvgIpc) is 2.54. The summed E-state index contributed by atoms with van der Waals surface area (Å²) in [6, 6.07) is 3.82. The summed E-state index contributed by atoms with van der Waals surface area (Å²) in [5, 5.41) is 3.14. The first-order chi connectivity index (χ1) is 10.3. The van der Waals surface area contributed by atoms with E-state index in [1.54, 1.807) is 18.3 Å². The van der Waals surface area contributed by atoms with Crippen LogP contribution in [0.5, 0.6) is 0 Å². The second-order valence-electron chi connectivity index (χ2n) is 5.62. The number of piperidine rings is 3. The first-order valence-corrected chi connectivity index (χ1v) is 7.45. The number of nitrogens with two attached hydrogens (primary N) is 1. The Labute approximate surface area is 124 Å². The predicted octanol–water partition coefficient (Wildman–Crippen LogP) is 0.216. The molecule has 0 spiro atoms. The Morgan fingerprint density at radius 1 is 1.48 bits per heavy atom. The lowest BCUT2D eigenvalue weighted by atomic mass is 9.84. The molecule has 3 aliphatic rings. The van der Waals surface area contributed by atoms with Crippen molar-refractivity contribution in [3.8, 4) is 11.8 Å². The van der Waals surface area contributed by atoms with Crippen LogP contribution in [0.3, 0.4) is 0 Å². The van der Waals surface area contributed by atoms with Crippen LogP contribution in [-0.4, -0.2) is 48.0 Å². The van der Waals surface area contributed by atoms with Gasteiger partial charge in [-0.1, -0.05) is 11.8 Å². The van der Waals surface area contributed by atoms with E-state index in [-0.39, 0.29) is 18.5 Å². The van der Waals surface area contributed by atoms with Crippen LogP contribution < -0.4 is 11.1 Å². The zero-order valence-corrected chi connectivity index (χ0v) is 12.0. The SMILES string of the molecule is NCC#Cc1cccnc1C(=O)NC1CN2CCC1CC2. The summed E-state index contributed by atoms with van der Waals surface area (Å²) in [6.45, 7) is 3.55. The summed E-state index contributed by atoms with van der Waals surface area (Å²) >= 11 is 0. The van der Waals surface area contributed by atoms with E-state index in [4.69, 9.17) is 5.73 Å². The number of carbonyl (C=O) groups is 1. The smallest absolute Gasteiger partial charge is 0.271 e. The molecule has 0 saturated carbocycles. The van der Waals surface area contributed by atoms with Gasteiger partial charge in [-0.15, -0.1) is 0 Å². The predicted molar refractivity (Wildman–Crippen MR) is 80.6 cm³/mol. The Balaban J connectivity index is 1.74. The fourth-order valence-electron chi connectivity index (χ4n) is 3.20. The fraction of sp³-hybridized carbons (Fsp3) is 0.500. The van der Waals surface area contributed by atoms with Crippen LogP contribution in [0.1, 0.15) is 28.9 Å². The molecule has 3 saturated heterocycles. The number of rotatable bonds is 2. The van der Waals surface area contributed by atoms with Crippen LogP contribution in [0.2, 0.25) is 0 Å². The number of hydrogen-bond donors (Lipinski definition) is 2. The minimum absolute atomic E-state index is 0.129. The van der Waals surface area contributed by atoms with Gasteiger partial charge in [0.05, 0.1) is 12.1 Å². The zero-order chi connectivity index (χ0) is 14.7. The number of aromatic nitrogens is 1. The molecule has 1 unspecified atom stereocenters. The molecule has 3 fully saturated rings. The summed E-state index contributed by atoms with van der Waals surface area (Å²) in [5.41, 5.74) is 6.43. The maximum Gasteiger partial charge on any atom is 0.271 e. The molecule has 1 aromatic heterocycles. The van der Waals surface area contributed by atoms with Crippen molar-refractivity contribution in [2.45, 2.75) is 18.9 Å². The minimum Gasteiger partial charge on any atom is -0.346 e.